The summed E-state index contributed by atoms with van der Waals surface area (Å²) in [5.41, 5.74) is 2.43. The highest BCUT2D eigenvalue weighted by atomic mass is 19.1. The minimum Gasteiger partial charge on any atom is -0.466 e. The monoisotopic (exact) mass is 353 g/mol. The average Bonchev–Trinajstić information content (AvgIpc) is 2.70. The molecule has 3 nitrogen and oxygen atoms in total. The number of ether oxygens (including phenoxy) is 2. The molecule has 0 aromatic heterocycles. The highest BCUT2D eigenvalue weighted by Crippen LogP contribution is 2.34. The summed E-state index contributed by atoms with van der Waals surface area (Å²) >= 11 is 0. The van der Waals surface area contributed by atoms with E-state index in [0.717, 1.165) is 50.1 Å². The summed E-state index contributed by atoms with van der Waals surface area (Å²) < 4.78 is 24.9. The zero-order valence-electron chi connectivity index (χ0n) is 14.8. The van der Waals surface area contributed by atoms with E-state index in [1.807, 2.05) is 6.07 Å². The molecule has 0 radical (unpaired) electrons. The van der Waals surface area contributed by atoms with E-state index in [-0.39, 0.29) is 11.9 Å². The largest absolute Gasteiger partial charge is 0.466 e. The Hall–Kier alpha value is -2.33. The van der Waals surface area contributed by atoms with Crippen LogP contribution in [-0.2, 0) is 9.47 Å². The van der Waals surface area contributed by atoms with Crippen LogP contribution in [-0.4, -0.2) is 24.0 Å². The first-order chi connectivity index (χ1) is 12.8. The van der Waals surface area contributed by atoms with Gasteiger partial charge in [0, 0.05) is 6.54 Å². The molecule has 3 aliphatic rings. The van der Waals surface area contributed by atoms with Gasteiger partial charge in [0.25, 0.3) is 0 Å². The lowest BCUT2D eigenvalue weighted by Crippen LogP contribution is -2.44. The van der Waals surface area contributed by atoms with Gasteiger partial charge < -0.3 is 9.47 Å². The van der Waals surface area contributed by atoms with Crippen LogP contribution in [0, 0.1) is 5.82 Å². The topological polar surface area (TPSA) is 21.7 Å². The van der Waals surface area contributed by atoms with E-state index in [9.17, 15) is 4.39 Å². The summed E-state index contributed by atoms with van der Waals surface area (Å²) in [4.78, 5) is 2.46. The predicted octanol–water partition coefficient (Wildman–Crippen LogP) is 5.01. The van der Waals surface area contributed by atoms with Crippen molar-refractivity contribution in [3.05, 3.63) is 84.0 Å². The standard InChI is InChI=1S/C22H24FNO2/c23-20-10-4-8-18(14-20)19-9-5-11-24(15-19)22(17-6-2-1-3-7-17)21-16-25-12-13-26-21/h1-2,4,6,8,10,12-14,16,19,22H,3,5,7,9,11,15H2. The van der Waals surface area contributed by atoms with Crippen LogP contribution < -0.4 is 0 Å². The second-order valence-corrected chi connectivity index (χ2v) is 7.05. The summed E-state index contributed by atoms with van der Waals surface area (Å²) in [5.74, 6) is 1.00. The van der Waals surface area contributed by atoms with Gasteiger partial charge in [-0.2, -0.15) is 0 Å². The Balaban J connectivity index is 1.59. The molecule has 0 saturated carbocycles. The molecule has 0 spiro atoms. The normalized spacial score (nSPS) is 24.3. The van der Waals surface area contributed by atoms with Gasteiger partial charge in [0.1, 0.15) is 24.6 Å². The van der Waals surface area contributed by atoms with Gasteiger partial charge in [-0.25, -0.2) is 4.39 Å². The van der Waals surface area contributed by atoms with Crippen LogP contribution in [0.2, 0.25) is 0 Å². The van der Waals surface area contributed by atoms with Crippen molar-refractivity contribution in [1.82, 2.24) is 4.90 Å². The second-order valence-electron chi connectivity index (χ2n) is 7.05. The van der Waals surface area contributed by atoms with Crippen LogP contribution in [0.4, 0.5) is 4.39 Å². The van der Waals surface area contributed by atoms with E-state index >= 15 is 0 Å². The summed E-state index contributed by atoms with van der Waals surface area (Å²) in [6, 6.07) is 7.10. The SMILES string of the molecule is Fc1cccc(C2CCCN(C(C3=CC=CCC3)C3=COC=CO3)C2)c1. The minimum atomic E-state index is -0.159. The molecule has 2 unspecified atom stereocenters. The fraction of sp³-hybridized carbons (Fsp3) is 0.364. The summed E-state index contributed by atoms with van der Waals surface area (Å²) in [6.45, 7) is 1.89. The lowest BCUT2D eigenvalue weighted by Gasteiger charge is -2.40. The van der Waals surface area contributed by atoms with Crippen molar-refractivity contribution in [1.29, 1.82) is 0 Å². The number of likely N-dealkylation sites (tertiary alicyclic amines) is 1. The van der Waals surface area contributed by atoms with Crippen molar-refractivity contribution in [3.63, 3.8) is 0 Å². The van der Waals surface area contributed by atoms with Crippen LogP contribution in [0.5, 0.6) is 0 Å². The van der Waals surface area contributed by atoms with E-state index in [1.165, 1.54) is 11.6 Å². The average molecular weight is 353 g/mol. The van der Waals surface area contributed by atoms with Gasteiger partial charge in [0.2, 0.25) is 0 Å². The van der Waals surface area contributed by atoms with E-state index in [4.69, 9.17) is 9.47 Å². The van der Waals surface area contributed by atoms with Crippen LogP contribution in [0.1, 0.15) is 37.2 Å². The fourth-order valence-corrected chi connectivity index (χ4v) is 4.12. The van der Waals surface area contributed by atoms with Crippen molar-refractivity contribution < 1.29 is 13.9 Å². The van der Waals surface area contributed by atoms with Gasteiger partial charge in [-0.1, -0.05) is 30.4 Å². The van der Waals surface area contributed by atoms with E-state index < -0.39 is 0 Å². The van der Waals surface area contributed by atoms with Crippen molar-refractivity contribution in [2.75, 3.05) is 13.1 Å². The maximum Gasteiger partial charge on any atom is 0.160 e. The number of rotatable bonds is 4. The van der Waals surface area contributed by atoms with Gasteiger partial charge in [-0.05, 0) is 61.4 Å². The number of nitrogens with zero attached hydrogens (tertiary/aromatic N) is 1. The van der Waals surface area contributed by atoms with Crippen molar-refractivity contribution in [2.24, 2.45) is 0 Å². The molecule has 2 aliphatic heterocycles. The third-order valence-corrected chi connectivity index (χ3v) is 5.33. The predicted molar refractivity (Wildman–Crippen MR) is 99.6 cm³/mol. The Morgan fingerprint density at radius 3 is 2.96 bits per heavy atom. The lowest BCUT2D eigenvalue weighted by molar-refractivity contribution is 0.131. The van der Waals surface area contributed by atoms with Crippen molar-refractivity contribution >= 4 is 0 Å². The zero-order valence-corrected chi connectivity index (χ0v) is 14.8. The minimum absolute atomic E-state index is 0.0706. The summed E-state index contributed by atoms with van der Waals surface area (Å²) in [7, 11) is 0. The molecule has 2 atom stereocenters. The quantitative estimate of drug-likeness (QED) is 0.759. The Labute approximate surface area is 154 Å². The molecule has 1 fully saturated rings. The third kappa shape index (κ3) is 3.75. The molecule has 4 rings (SSSR count). The third-order valence-electron chi connectivity index (χ3n) is 5.33. The molecule has 4 heteroatoms. The van der Waals surface area contributed by atoms with Gasteiger partial charge in [0.05, 0.1) is 6.04 Å². The molecule has 26 heavy (non-hydrogen) atoms. The first-order valence-electron chi connectivity index (χ1n) is 9.33. The zero-order chi connectivity index (χ0) is 17.8. The maximum atomic E-state index is 13.7. The maximum absolute atomic E-state index is 13.7. The Bertz CT molecular complexity index is 765. The molecular weight excluding hydrogens is 329 g/mol. The smallest absolute Gasteiger partial charge is 0.160 e. The van der Waals surface area contributed by atoms with Gasteiger partial charge >= 0.3 is 0 Å². The number of hydrogen-bond donors (Lipinski definition) is 0. The van der Waals surface area contributed by atoms with Crippen molar-refractivity contribution in [3.8, 4) is 0 Å². The molecule has 1 aromatic carbocycles. The fourth-order valence-electron chi connectivity index (χ4n) is 4.12. The number of allylic oxidation sites excluding steroid dienone is 3. The molecule has 136 valence electrons. The molecule has 1 saturated heterocycles. The summed E-state index contributed by atoms with van der Waals surface area (Å²) in [5, 5.41) is 0. The van der Waals surface area contributed by atoms with Crippen molar-refractivity contribution in [2.45, 2.75) is 37.6 Å². The van der Waals surface area contributed by atoms with E-state index in [0.29, 0.717) is 5.92 Å². The Kier molecular flexibility index (Phi) is 5.21. The van der Waals surface area contributed by atoms with Crippen LogP contribution in [0.25, 0.3) is 0 Å². The molecular formula is C22H24FNO2. The van der Waals surface area contributed by atoms with Gasteiger partial charge in [-0.3, -0.25) is 4.90 Å². The lowest BCUT2D eigenvalue weighted by atomic mass is 9.87. The second kappa shape index (κ2) is 7.92. The highest BCUT2D eigenvalue weighted by Gasteiger charge is 2.33. The molecule has 1 aliphatic carbocycles. The van der Waals surface area contributed by atoms with Crippen LogP contribution >= 0.6 is 0 Å². The molecule has 1 aromatic rings. The Morgan fingerprint density at radius 1 is 1.23 bits per heavy atom. The Morgan fingerprint density at radius 2 is 2.19 bits per heavy atom. The first kappa shape index (κ1) is 17.1. The summed E-state index contributed by atoms with van der Waals surface area (Å²) in [6.07, 6.45) is 15.6. The number of piperidine rings is 1. The highest BCUT2D eigenvalue weighted by molar-refractivity contribution is 5.31. The molecule has 0 N–H and O–H groups in total. The van der Waals surface area contributed by atoms with E-state index in [2.05, 4.69) is 23.1 Å². The molecule has 2 heterocycles. The number of benzene rings is 1. The van der Waals surface area contributed by atoms with Crippen LogP contribution in [0.15, 0.2) is 72.6 Å². The number of halogens is 1. The molecule has 0 amide bonds. The first-order valence-corrected chi connectivity index (χ1v) is 9.33. The van der Waals surface area contributed by atoms with Crippen LogP contribution in [0.3, 0.4) is 0 Å². The number of hydrogen-bond acceptors (Lipinski definition) is 3. The van der Waals surface area contributed by atoms with Gasteiger partial charge in [-0.15, -0.1) is 0 Å². The molecule has 0 bridgehead atoms. The van der Waals surface area contributed by atoms with E-state index in [1.54, 1.807) is 30.9 Å². The van der Waals surface area contributed by atoms with Gasteiger partial charge in [0.15, 0.2) is 5.76 Å².